The van der Waals surface area contributed by atoms with E-state index in [9.17, 15) is 0 Å². The number of hydrogen-bond donors (Lipinski definition) is 0. The lowest BCUT2D eigenvalue weighted by Gasteiger charge is -2.51. The van der Waals surface area contributed by atoms with Crippen LogP contribution >= 0.6 is 0 Å². The normalized spacial score (nSPS) is 38.0. The molecule has 3 heterocycles. The molecule has 11 atom stereocenters. The number of fused-ring (bicyclic) bond motifs is 1. The summed E-state index contributed by atoms with van der Waals surface area (Å²) < 4.78 is 45.0. The molecule has 0 bridgehead atoms. The molecule has 7 heteroatoms. The van der Waals surface area contributed by atoms with Crippen LogP contribution in [0.3, 0.4) is 0 Å². The fourth-order valence-electron chi connectivity index (χ4n) is 6.01. The molecule has 0 radical (unpaired) electrons. The Bertz CT molecular complexity index is 1050. The van der Waals surface area contributed by atoms with Gasteiger partial charge >= 0.3 is 0 Å². The summed E-state index contributed by atoms with van der Waals surface area (Å²) in [6.45, 7) is 13.7. The Morgan fingerprint density at radius 2 is 1.55 bits per heavy atom. The third kappa shape index (κ3) is 6.52. The van der Waals surface area contributed by atoms with E-state index in [1.807, 2.05) is 48.5 Å². The van der Waals surface area contributed by atoms with Crippen molar-refractivity contribution in [3.63, 3.8) is 0 Å². The van der Waals surface area contributed by atoms with Crippen LogP contribution in [0.5, 0.6) is 0 Å². The highest BCUT2D eigenvalue weighted by Gasteiger charge is 2.51. The Kier molecular flexibility index (Phi) is 10.1. The Morgan fingerprint density at radius 3 is 2.25 bits per heavy atom. The zero-order valence-electron chi connectivity index (χ0n) is 24.1. The fourth-order valence-corrected chi connectivity index (χ4v) is 6.01. The Hall–Kier alpha value is -2.10. The number of benzene rings is 2. The van der Waals surface area contributed by atoms with Gasteiger partial charge in [-0.3, -0.25) is 0 Å². The first-order valence-corrected chi connectivity index (χ1v) is 14.7. The van der Waals surface area contributed by atoms with Gasteiger partial charge in [0.1, 0.15) is 12.2 Å². The van der Waals surface area contributed by atoms with E-state index in [4.69, 9.17) is 33.2 Å². The van der Waals surface area contributed by atoms with Crippen LogP contribution in [0.4, 0.5) is 0 Å². The quantitative estimate of drug-likeness (QED) is 0.333. The number of rotatable bonds is 10. The smallest absolute Gasteiger partial charge is 0.185 e. The third-order valence-electron chi connectivity index (χ3n) is 8.55. The van der Waals surface area contributed by atoms with E-state index in [1.54, 1.807) is 6.08 Å². The maximum Gasteiger partial charge on any atom is 0.185 e. The summed E-state index contributed by atoms with van der Waals surface area (Å²) >= 11 is 0. The van der Waals surface area contributed by atoms with E-state index in [-0.39, 0.29) is 54.6 Å². The van der Waals surface area contributed by atoms with Crippen molar-refractivity contribution in [3.8, 4) is 0 Å². The molecule has 0 spiro atoms. The lowest BCUT2D eigenvalue weighted by atomic mass is 9.83. The number of ether oxygens (including phenoxy) is 7. The first-order valence-electron chi connectivity index (χ1n) is 14.7. The van der Waals surface area contributed by atoms with Crippen LogP contribution < -0.4 is 0 Å². The van der Waals surface area contributed by atoms with Crippen LogP contribution in [0, 0.1) is 17.8 Å². The van der Waals surface area contributed by atoms with E-state index in [1.165, 1.54) is 0 Å². The van der Waals surface area contributed by atoms with E-state index in [2.05, 4.69) is 46.4 Å². The van der Waals surface area contributed by atoms with Crippen molar-refractivity contribution in [2.75, 3.05) is 13.2 Å². The zero-order valence-corrected chi connectivity index (χ0v) is 24.1. The monoisotopic (exact) mass is 552 g/mol. The van der Waals surface area contributed by atoms with Crippen LogP contribution in [-0.2, 0) is 39.8 Å². The molecule has 0 saturated carbocycles. The molecular weight excluding hydrogens is 508 g/mol. The van der Waals surface area contributed by atoms with E-state index in [0.29, 0.717) is 19.8 Å². The highest BCUT2D eigenvalue weighted by Crippen LogP contribution is 2.41. The fraction of sp³-hybridized carbons (Fsp3) is 0.576. The van der Waals surface area contributed by atoms with Gasteiger partial charge in [0.05, 0.1) is 38.1 Å². The Morgan fingerprint density at radius 1 is 0.825 bits per heavy atom. The topological polar surface area (TPSA) is 64.6 Å². The molecule has 2 aromatic carbocycles. The lowest BCUT2D eigenvalue weighted by Crippen LogP contribution is -2.61. The van der Waals surface area contributed by atoms with Crippen LogP contribution in [0.25, 0.3) is 0 Å². The van der Waals surface area contributed by atoms with Crippen molar-refractivity contribution >= 4 is 0 Å². The minimum atomic E-state index is -0.594. The van der Waals surface area contributed by atoms with Gasteiger partial charge < -0.3 is 33.2 Å². The molecular formula is C33H44O7. The van der Waals surface area contributed by atoms with Gasteiger partial charge in [-0.1, -0.05) is 94.4 Å². The minimum absolute atomic E-state index is 0.00330. The molecule has 218 valence electrons. The summed E-state index contributed by atoms with van der Waals surface area (Å²) in [5, 5.41) is 0. The molecule has 2 aromatic rings. The van der Waals surface area contributed by atoms with E-state index in [0.717, 1.165) is 17.5 Å². The summed E-state index contributed by atoms with van der Waals surface area (Å²) in [4.78, 5) is 0. The van der Waals surface area contributed by atoms with Crippen LogP contribution in [0.15, 0.2) is 73.3 Å². The summed E-state index contributed by atoms with van der Waals surface area (Å²) in [5.41, 5.74) is 2.09. The van der Waals surface area contributed by atoms with Crippen LogP contribution in [0.1, 0.15) is 51.5 Å². The Labute approximate surface area is 238 Å². The molecule has 3 saturated heterocycles. The molecule has 5 unspecified atom stereocenters. The third-order valence-corrected chi connectivity index (χ3v) is 8.55. The second-order valence-electron chi connectivity index (χ2n) is 11.2. The van der Waals surface area contributed by atoms with Crippen molar-refractivity contribution in [3.05, 3.63) is 84.4 Å². The van der Waals surface area contributed by atoms with Gasteiger partial charge in [0.15, 0.2) is 18.9 Å². The first kappa shape index (κ1) is 29.4. The van der Waals surface area contributed by atoms with Crippen molar-refractivity contribution in [2.24, 2.45) is 17.8 Å². The molecule has 0 amide bonds. The van der Waals surface area contributed by atoms with Crippen molar-refractivity contribution < 1.29 is 33.2 Å². The molecule has 3 aliphatic rings. The average Bonchev–Trinajstić information content (AvgIpc) is 2.99. The molecule has 7 nitrogen and oxygen atoms in total. The van der Waals surface area contributed by atoms with E-state index >= 15 is 0 Å². The molecule has 3 aliphatic heterocycles. The average molecular weight is 553 g/mol. The number of hydrogen-bond acceptors (Lipinski definition) is 7. The standard InChI is InChI=1S/C33H44O7/c1-6-18-34-31-22(4)21(3)28(26(7-2)37-31)40-33-30(35-19-24-14-10-8-11-15-24)23(5)29-27(38-33)20-36-32(39-29)25-16-12-9-13-17-25/h6,8-17,21-23,26-33H,1,7,18-20H2,2-5H3/t21-,22?,23+,26?,27?,28+,29+,30?,31-,32?,33+/m1/s1. The molecule has 3 fully saturated rings. The molecule has 0 N–H and O–H groups in total. The van der Waals surface area contributed by atoms with Gasteiger partial charge in [0.25, 0.3) is 0 Å². The SMILES string of the molecule is C=CCO[C@@H]1OC(CC)[C@@H](O[C@@H]2OC3COC(c4ccccc4)O[C@H]3[C@H](C)C2OCc2ccccc2)[C@H](C)C1C. The summed E-state index contributed by atoms with van der Waals surface area (Å²) in [7, 11) is 0. The minimum Gasteiger partial charge on any atom is -0.368 e. The van der Waals surface area contributed by atoms with Gasteiger partial charge in [0, 0.05) is 17.4 Å². The molecule has 0 aromatic heterocycles. The lowest BCUT2D eigenvalue weighted by molar-refractivity contribution is -0.376. The second kappa shape index (κ2) is 13.7. The van der Waals surface area contributed by atoms with Crippen LogP contribution in [-0.4, -0.2) is 56.3 Å². The van der Waals surface area contributed by atoms with Gasteiger partial charge in [-0.25, -0.2) is 0 Å². The van der Waals surface area contributed by atoms with E-state index < -0.39 is 12.6 Å². The van der Waals surface area contributed by atoms with Gasteiger partial charge in [-0.15, -0.1) is 6.58 Å². The van der Waals surface area contributed by atoms with Crippen LogP contribution in [0.2, 0.25) is 0 Å². The molecule has 0 aliphatic carbocycles. The predicted molar refractivity (Wildman–Crippen MR) is 151 cm³/mol. The summed E-state index contributed by atoms with van der Waals surface area (Å²) in [6, 6.07) is 20.2. The van der Waals surface area contributed by atoms with Gasteiger partial charge in [-0.05, 0) is 17.9 Å². The van der Waals surface area contributed by atoms with Crippen molar-refractivity contribution in [1.29, 1.82) is 0 Å². The highest BCUT2D eigenvalue weighted by molar-refractivity contribution is 5.17. The maximum absolute atomic E-state index is 6.84. The van der Waals surface area contributed by atoms with Gasteiger partial charge in [0.2, 0.25) is 0 Å². The maximum atomic E-state index is 6.84. The first-order chi connectivity index (χ1) is 19.5. The highest BCUT2D eigenvalue weighted by atomic mass is 16.8. The predicted octanol–water partition coefficient (Wildman–Crippen LogP) is 6.04. The largest absolute Gasteiger partial charge is 0.368 e. The Balaban J connectivity index is 1.34. The zero-order chi connectivity index (χ0) is 28.1. The van der Waals surface area contributed by atoms with Crippen molar-refractivity contribution in [2.45, 2.75) is 90.1 Å². The molecule has 40 heavy (non-hydrogen) atoms. The second-order valence-corrected chi connectivity index (χ2v) is 11.2. The molecule has 5 rings (SSSR count). The summed E-state index contributed by atoms with van der Waals surface area (Å²) in [6.07, 6.45) is 0.104. The summed E-state index contributed by atoms with van der Waals surface area (Å²) in [5.74, 6) is 0.322. The van der Waals surface area contributed by atoms with Gasteiger partial charge in [-0.2, -0.15) is 0 Å². The van der Waals surface area contributed by atoms with Crippen molar-refractivity contribution in [1.82, 2.24) is 0 Å².